The molecule has 1 aromatic carbocycles. The zero-order chi connectivity index (χ0) is 12.3. The van der Waals surface area contributed by atoms with Crippen LogP contribution in [0.1, 0.15) is 11.5 Å². The second-order valence-corrected chi connectivity index (χ2v) is 3.81. The number of hydrogen-bond donors (Lipinski definition) is 1. The molecule has 17 heavy (non-hydrogen) atoms. The first kappa shape index (κ1) is 11.3. The Morgan fingerprint density at radius 3 is 2.59 bits per heavy atom. The lowest BCUT2D eigenvalue weighted by Crippen LogP contribution is -2.02. The molecule has 1 aromatic heterocycles. The van der Waals surface area contributed by atoms with E-state index in [1.807, 2.05) is 24.3 Å². The molecule has 0 unspecified atom stereocenters. The van der Waals surface area contributed by atoms with Gasteiger partial charge in [-0.25, -0.2) is 9.97 Å². The molecule has 0 atom stereocenters. The van der Waals surface area contributed by atoms with E-state index >= 15 is 0 Å². The molecule has 2 N–H and O–H groups in total. The third-order valence-electron chi connectivity index (χ3n) is 2.54. The molecule has 0 spiro atoms. The van der Waals surface area contributed by atoms with Crippen LogP contribution in [0.15, 0.2) is 43.5 Å². The predicted molar refractivity (Wildman–Crippen MR) is 71.8 cm³/mol. The smallest absolute Gasteiger partial charge is 0.133 e. The van der Waals surface area contributed by atoms with Crippen LogP contribution in [0.3, 0.4) is 0 Å². The largest absolute Gasteiger partial charge is 0.398 e. The highest BCUT2D eigenvalue weighted by atomic mass is 14.9. The van der Waals surface area contributed by atoms with Gasteiger partial charge in [-0.15, -0.1) is 13.2 Å². The summed E-state index contributed by atoms with van der Waals surface area (Å²) >= 11 is 0. The van der Waals surface area contributed by atoms with Gasteiger partial charge >= 0.3 is 0 Å². The highest BCUT2D eigenvalue weighted by molar-refractivity contribution is 5.92. The Morgan fingerprint density at radius 2 is 1.88 bits per heavy atom. The number of nitrogen functional groups attached to an aromatic ring is 1. The molecule has 86 valence electrons. The van der Waals surface area contributed by atoms with Gasteiger partial charge in [0.2, 0.25) is 0 Å². The predicted octanol–water partition coefficient (Wildman–Crippen LogP) is 2.67. The summed E-state index contributed by atoms with van der Waals surface area (Å²) in [6.45, 7) is 7.45. The van der Waals surface area contributed by atoms with E-state index in [1.54, 1.807) is 6.08 Å². The Hall–Kier alpha value is -2.16. The first-order valence-corrected chi connectivity index (χ1v) is 5.52. The van der Waals surface area contributed by atoms with Crippen molar-refractivity contribution in [1.29, 1.82) is 0 Å². The van der Waals surface area contributed by atoms with E-state index in [9.17, 15) is 0 Å². The molecule has 0 aliphatic carbocycles. The molecule has 0 saturated heterocycles. The Balaban J connectivity index is 2.71. The Kier molecular flexibility index (Phi) is 3.19. The van der Waals surface area contributed by atoms with Gasteiger partial charge in [-0.1, -0.05) is 18.2 Å². The summed E-state index contributed by atoms with van der Waals surface area (Å²) in [4.78, 5) is 8.98. The first-order chi connectivity index (χ1) is 8.26. The van der Waals surface area contributed by atoms with Crippen molar-refractivity contribution < 1.29 is 0 Å². The maximum Gasteiger partial charge on any atom is 0.133 e. The summed E-state index contributed by atoms with van der Waals surface area (Å²) in [5.41, 5.74) is 8.50. The van der Waals surface area contributed by atoms with Crippen LogP contribution in [-0.4, -0.2) is 9.97 Å². The van der Waals surface area contributed by atoms with Crippen molar-refractivity contribution in [3.05, 3.63) is 55.0 Å². The van der Waals surface area contributed by atoms with E-state index < -0.39 is 0 Å². The van der Waals surface area contributed by atoms with Crippen LogP contribution in [0.4, 0.5) is 5.69 Å². The van der Waals surface area contributed by atoms with E-state index in [-0.39, 0.29) is 0 Å². The molecule has 1 heterocycles. The molecule has 2 rings (SSSR count). The molecule has 0 bridgehead atoms. The van der Waals surface area contributed by atoms with Gasteiger partial charge in [0.15, 0.2) is 0 Å². The van der Waals surface area contributed by atoms with Crippen molar-refractivity contribution in [2.24, 2.45) is 0 Å². The van der Waals surface area contributed by atoms with Crippen LogP contribution in [-0.2, 0) is 12.8 Å². The minimum Gasteiger partial charge on any atom is -0.398 e. The average Bonchev–Trinajstić information content (AvgIpc) is 2.29. The van der Waals surface area contributed by atoms with Gasteiger partial charge in [0.1, 0.15) is 5.82 Å². The van der Waals surface area contributed by atoms with Crippen LogP contribution in [0.25, 0.3) is 10.9 Å². The van der Waals surface area contributed by atoms with E-state index in [4.69, 9.17) is 5.73 Å². The summed E-state index contributed by atoms with van der Waals surface area (Å²) in [7, 11) is 0. The fourth-order valence-electron chi connectivity index (χ4n) is 1.85. The minimum absolute atomic E-state index is 0.662. The van der Waals surface area contributed by atoms with E-state index in [0.29, 0.717) is 18.5 Å². The SMILES string of the molecule is C=CCc1nc(CC=C)c2c(N)cccc2n1. The number of hydrogen-bond acceptors (Lipinski definition) is 3. The highest BCUT2D eigenvalue weighted by Gasteiger charge is 2.08. The fraction of sp³-hybridized carbons (Fsp3) is 0.143. The number of nitrogens with zero attached hydrogens (tertiary/aromatic N) is 2. The van der Waals surface area contributed by atoms with E-state index in [2.05, 4.69) is 23.1 Å². The summed E-state index contributed by atoms with van der Waals surface area (Å²) in [5, 5.41) is 0.931. The maximum absolute atomic E-state index is 5.98. The molecule has 0 saturated carbocycles. The monoisotopic (exact) mass is 225 g/mol. The topological polar surface area (TPSA) is 51.8 Å². The molecule has 0 aliphatic heterocycles. The van der Waals surface area contributed by atoms with E-state index in [0.717, 1.165) is 22.4 Å². The molecule has 0 amide bonds. The third-order valence-corrected chi connectivity index (χ3v) is 2.54. The molecule has 0 radical (unpaired) electrons. The van der Waals surface area contributed by atoms with Gasteiger partial charge in [0.25, 0.3) is 0 Å². The normalized spacial score (nSPS) is 10.4. The molecule has 0 aliphatic rings. The Morgan fingerprint density at radius 1 is 1.12 bits per heavy atom. The fourth-order valence-corrected chi connectivity index (χ4v) is 1.85. The second kappa shape index (κ2) is 4.78. The minimum atomic E-state index is 0.662. The van der Waals surface area contributed by atoms with Crippen LogP contribution >= 0.6 is 0 Å². The molecular weight excluding hydrogens is 210 g/mol. The summed E-state index contributed by atoms with van der Waals surface area (Å²) in [5.74, 6) is 0.773. The van der Waals surface area contributed by atoms with Crippen molar-refractivity contribution in [3.8, 4) is 0 Å². The summed E-state index contributed by atoms with van der Waals surface area (Å²) in [6, 6.07) is 5.72. The molecule has 3 nitrogen and oxygen atoms in total. The van der Waals surface area contributed by atoms with E-state index in [1.165, 1.54) is 0 Å². The van der Waals surface area contributed by atoms with Crippen molar-refractivity contribution in [1.82, 2.24) is 9.97 Å². The third kappa shape index (κ3) is 2.18. The lowest BCUT2D eigenvalue weighted by molar-refractivity contribution is 0.971. The summed E-state index contributed by atoms with van der Waals surface area (Å²) in [6.07, 6.45) is 4.98. The van der Waals surface area contributed by atoms with Gasteiger partial charge < -0.3 is 5.73 Å². The number of aromatic nitrogens is 2. The lowest BCUT2D eigenvalue weighted by atomic mass is 10.1. The van der Waals surface area contributed by atoms with Gasteiger partial charge in [0.05, 0.1) is 11.2 Å². The lowest BCUT2D eigenvalue weighted by Gasteiger charge is -2.08. The van der Waals surface area contributed by atoms with Gasteiger partial charge in [-0.2, -0.15) is 0 Å². The number of rotatable bonds is 4. The maximum atomic E-state index is 5.98. The summed E-state index contributed by atoms with van der Waals surface area (Å²) < 4.78 is 0. The van der Waals surface area contributed by atoms with Crippen molar-refractivity contribution in [2.45, 2.75) is 12.8 Å². The van der Waals surface area contributed by atoms with Gasteiger partial charge in [0, 0.05) is 23.9 Å². The first-order valence-electron chi connectivity index (χ1n) is 5.52. The molecular formula is C14H15N3. The number of benzene rings is 1. The standard InChI is InChI=1S/C14H15N3/c1-3-6-11-14-10(15)8-5-9-12(14)17-13(16-11)7-4-2/h3-5,8-9H,1-2,6-7,15H2. The van der Waals surface area contributed by atoms with Crippen molar-refractivity contribution in [3.63, 3.8) is 0 Å². The van der Waals surface area contributed by atoms with Crippen LogP contribution in [0, 0.1) is 0 Å². The molecule has 3 heteroatoms. The second-order valence-electron chi connectivity index (χ2n) is 3.81. The van der Waals surface area contributed by atoms with Crippen LogP contribution in [0.5, 0.6) is 0 Å². The zero-order valence-electron chi connectivity index (χ0n) is 9.69. The van der Waals surface area contributed by atoms with Gasteiger partial charge in [-0.05, 0) is 12.1 Å². The number of fused-ring (bicyclic) bond motifs is 1. The number of nitrogens with two attached hydrogens (primary N) is 1. The molecule has 2 aromatic rings. The number of anilines is 1. The Bertz CT molecular complexity index is 573. The quantitative estimate of drug-likeness (QED) is 0.643. The highest BCUT2D eigenvalue weighted by Crippen LogP contribution is 2.23. The van der Waals surface area contributed by atoms with Gasteiger partial charge in [-0.3, -0.25) is 0 Å². The molecule has 0 fully saturated rings. The van der Waals surface area contributed by atoms with Crippen molar-refractivity contribution >= 4 is 16.6 Å². The van der Waals surface area contributed by atoms with Crippen molar-refractivity contribution in [2.75, 3.05) is 5.73 Å². The Labute approximate surface area is 101 Å². The number of allylic oxidation sites excluding steroid dienone is 2. The average molecular weight is 225 g/mol. The zero-order valence-corrected chi connectivity index (χ0v) is 9.69. The van der Waals surface area contributed by atoms with Crippen LogP contribution < -0.4 is 5.73 Å². The van der Waals surface area contributed by atoms with Crippen LogP contribution in [0.2, 0.25) is 0 Å².